The van der Waals surface area contributed by atoms with Gasteiger partial charge in [0.25, 0.3) is 0 Å². The summed E-state index contributed by atoms with van der Waals surface area (Å²) in [7, 11) is -2.41. The van der Waals surface area contributed by atoms with Crippen LogP contribution in [0.1, 0.15) is 16.7 Å². The van der Waals surface area contributed by atoms with Crippen molar-refractivity contribution < 1.29 is 18.0 Å². The fraction of sp³-hybridized carbons (Fsp3) is 0.259. The van der Waals surface area contributed by atoms with Crippen LogP contribution >= 0.6 is 34.8 Å². The zero-order valence-corrected chi connectivity index (χ0v) is 24.2. The van der Waals surface area contributed by atoms with Gasteiger partial charge in [0.15, 0.2) is 0 Å². The minimum absolute atomic E-state index is 0.00717. The second-order valence-corrected chi connectivity index (χ2v) is 11.9. The van der Waals surface area contributed by atoms with Crippen molar-refractivity contribution in [3.63, 3.8) is 0 Å². The Balaban J connectivity index is 2.07. The molecule has 0 heterocycles. The normalized spacial score (nSPS) is 12.1. The summed E-state index contributed by atoms with van der Waals surface area (Å²) < 4.78 is 26.7. The molecule has 0 spiro atoms. The Bertz CT molecular complexity index is 1420. The zero-order valence-electron chi connectivity index (χ0n) is 21.1. The summed E-state index contributed by atoms with van der Waals surface area (Å²) >= 11 is 18.5. The Kier molecular flexibility index (Phi) is 10.1. The fourth-order valence-corrected chi connectivity index (χ4v) is 5.41. The first kappa shape index (κ1) is 29.8. The van der Waals surface area contributed by atoms with Gasteiger partial charge in [0, 0.05) is 25.0 Å². The van der Waals surface area contributed by atoms with Gasteiger partial charge in [0.1, 0.15) is 12.6 Å². The number of likely N-dealkylation sites (N-methyl/N-ethyl adjacent to an activating group) is 1. The largest absolute Gasteiger partial charge is 0.357 e. The number of halogens is 3. The average molecular weight is 597 g/mol. The van der Waals surface area contributed by atoms with Crippen molar-refractivity contribution in [1.82, 2.24) is 10.2 Å². The van der Waals surface area contributed by atoms with Crippen LogP contribution < -0.4 is 9.62 Å². The van der Waals surface area contributed by atoms with Gasteiger partial charge in [-0.15, -0.1) is 0 Å². The van der Waals surface area contributed by atoms with Crippen molar-refractivity contribution in [2.24, 2.45) is 0 Å². The molecule has 0 fully saturated rings. The van der Waals surface area contributed by atoms with E-state index < -0.39 is 34.4 Å². The maximum Gasteiger partial charge on any atom is 0.244 e. The number of carbonyl (C=O) groups is 2. The van der Waals surface area contributed by atoms with Crippen molar-refractivity contribution in [2.45, 2.75) is 25.9 Å². The maximum atomic E-state index is 13.9. The molecule has 0 radical (unpaired) electrons. The molecule has 2 amide bonds. The number of benzene rings is 3. The molecule has 3 aromatic carbocycles. The quantitative estimate of drug-likeness (QED) is 0.353. The molecule has 3 aromatic rings. The summed E-state index contributed by atoms with van der Waals surface area (Å²) in [6, 6.07) is 18.1. The van der Waals surface area contributed by atoms with Crippen LogP contribution in [0.5, 0.6) is 0 Å². The Morgan fingerprint density at radius 3 is 2.18 bits per heavy atom. The fourth-order valence-electron chi connectivity index (χ4n) is 4.02. The summed E-state index contributed by atoms with van der Waals surface area (Å²) in [6.07, 6.45) is 1.23. The van der Waals surface area contributed by atoms with Gasteiger partial charge in [-0.1, -0.05) is 77.3 Å². The molecule has 0 aliphatic carbocycles. The molecule has 38 heavy (non-hydrogen) atoms. The van der Waals surface area contributed by atoms with Gasteiger partial charge >= 0.3 is 0 Å². The molecule has 0 aliphatic heterocycles. The van der Waals surface area contributed by atoms with Crippen LogP contribution in [0.4, 0.5) is 5.69 Å². The summed E-state index contributed by atoms with van der Waals surface area (Å²) in [5, 5.41) is 3.64. The third-order valence-electron chi connectivity index (χ3n) is 6.04. The average Bonchev–Trinajstić information content (AvgIpc) is 2.88. The number of nitrogens with one attached hydrogen (secondary N) is 1. The van der Waals surface area contributed by atoms with Crippen LogP contribution in [0.15, 0.2) is 66.7 Å². The zero-order chi connectivity index (χ0) is 28.0. The lowest BCUT2D eigenvalue weighted by Gasteiger charge is -2.33. The van der Waals surface area contributed by atoms with Crippen LogP contribution in [-0.2, 0) is 32.6 Å². The Morgan fingerprint density at radius 1 is 0.895 bits per heavy atom. The summed E-state index contributed by atoms with van der Waals surface area (Å²) in [4.78, 5) is 28.4. The number of nitrogens with zero attached hydrogens (tertiary/aromatic N) is 2. The molecule has 7 nitrogen and oxygen atoms in total. The molecule has 1 N–H and O–H groups in total. The number of hydrogen-bond donors (Lipinski definition) is 1. The number of anilines is 1. The van der Waals surface area contributed by atoms with Crippen LogP contribution in [0.3, 0.4) is 0 Å². The van der Waals surface area contributed by atoms with Gasteiger partial charge in [0.2, 0.25) is 21.8 Å². The number of rotatable bonds is 10. The van der Waals surface area contributed by atoms with Crippen LogP contribution in [-0.4, -0.2) is 51.0 Å². The lowest BCUT2D eigenvalue weighted by molar-refractivity contribution is -0.139. The molecule has 202 valence electrons. The lowest BCUT2D eigenvalue weighted by Crippen LogP contribution is -2.53. The Morgan fingerprint density at radius 2 is 1.58 bits per heavy atom. The van der Waals surface area contributed by atoms with Crippen LogP contribution in [0, 0.1) is 6.92 Å². The first-order chi connectivity index (χ1) is 17.9. The first-order valence-electron chi connectivity index (χ1n) is 11.6. The highest BCUT2D eigenvalue weighted by Crippen LogP contribution is 2.29. The van der Waals surface area contributed by atoms with Crippen molar-refractivity contribution in [2.75, 3.05) is 24.2 Å². The molecule has 0 unspecified atom stereocenters. The van der Waals surface area contributed by atoms with E-state index in [4.69, 9.17) is 34.8 Å². The summed E-state index contributed by atoms with van der Waals surface area (Å²) in [5.74, 6) is -0.975. The van der Waals surface area contributed by atoms with Gasteiger partial charge in [-0.05, 0) is 47.9 Å². The third-order valence-corrected chi connectivity index (χ3v) is 8.32. The maximum absolute atomic E-state index is 13.9. The SMILES string of the molecule is CNC(=O)[C@@H](Cc1ccccc1)N(Cc1ccc(Cl)c(Cl)c1)C(=O)CN(c1cccc(Cl)c1C)S(C)(=O)=O. The van der Waals surface area contributed by atoms with E-state index in [-0.39, 0.29) is 18.7 Å². The lowest BCUT2D eigenvalue weighted by atomic mass is 10.0. The van der Waals surface area contributed by atoms with Gasteiger partial charge in [-0.3, -0.25) is 13.9 Å². The minimum atomic E-state index is -3.89. The van der Waals surface area contributed by atoms with Crippen molar-refractivity contribution in [3.8, 4) is 0 Å². The van der Waals surface area contributed by atoms with E-state index in [0.29, 0.717) is 26.2 Å². The molecule has 0 aromatic heterocycles. The van der Waals surface area contributed by atoms with Crippen LogP contribution in [0.2, 0.25) is 15.1 Å². The second kappa shape index (κ2) is 12.8. The molecule has 0 aliphatic rings. The van der Waals surface area contributed by atoms with Gasteiger partial charge in [-0.25, -0.2) is 8.42 Å². The Hall–Kier alpha value is -2.78. The predicted octanol–water partition coefficient (Wildman–Crippen LogP) is 5.11. The molecular formula is C27H28Cl3N3O4S. The van der Waals surface area contributed by atoms with E-state index in [9.17, 15) is 18.0 Å². The van der Waals surface area contributed by atoms with Crippen LogP contribution in [0.25, 0.3) is 0 Å². The molecule has 0 saturated carbocycles. The van der Waals surface area contributed by atoms with Crippen molar-refractivity contribution in [3.05, 3.63) is 98.5 Å². The van der Waals surface area contributed by atoms with E-state index in [0.717, 1.165) is 16.1 Å². The monoisotopic (exact) mass is 595 g/mol. The molecule has 3 rings (SSSR count). The summed E-state index contributed by atoms with van der Waals surface area (Å²) in [5.41, 5.74) is 2.25. The van der Waals surface area contributed by atoms with Crippen molar-refractivity contribution in [1.29, 1.82) is 0 Å². The standard InChI is InChI=1S/C27H28Cl3N3O4S/c1-18-21(28)10-7-11-24(18)33(38(3,36)37)17-26(34)32(16-20-12-13-22(29)23(30)14-20)25(27(35)31-2)15-19-8-5-4-6-9-19/h4-14,25H,15-17H2,1-3H3,(H,31,35)/t25-/m1/s1. The number of amides is 2. The Labute approximate surface area is 238 Å². The number of sulfonamides is 1. The molecule has 1 atom stereocenters. The highest BCUT2D eigenvalue weighted by molar-refractivity contribution is 7.92. The van der Waals surface area contributed by atoms with E-state index in [2.05, 4.69) is 5.32 Å². The van der Waals surface area contributed by atoms with E-state index in [1.54, 1.807) is 43.3 Å². The summed E-state index contributed by atoms with van der Waals surface area (Å²) in [6.45, 7) is 1.13. The smallest absolute Gasteiger partial charge is 0.244 e. The number of carbonyl (C=O) groups excluding carboxylic acids is 2. The molecular weight excluding hydrogens is 569 g/mol. The molecule has 11 heteroatoms. The third kappa shape index (κ3) is 7.41. The highest BCUT2D eigenvalue weighted by atomic mass is 35.5. The van der Waals surface area contributed by atoms with Crippen molar-refractivity contribution >= 4 is 62.3 Å². The van der Waals surface area contributed by atoms with E-state index in [1.807, 2.05) is 30.3 Å². The molecule has 0 saturated heterocycles. The first-order valence-corrected chi connectivity index (χ1v) is 14.6. The highest BCUT2D eigenvalue weighted by Gasteiger charge is 2.33. The van der Waals surface area contributed by atoms with Gasteiger partial charge < -0.3 is 10.2 Å². The predicted molar refractivity (Wildman–Crippen MR) is 153 cm³/mol. The van der Waals surface area contributed by atoms with Gasteiger partial charge in [-0.2, -0.15) is 0 Å². The van der Waals surface area contributed by atoms with Gasteiger partial charge in [0.05, 0.1) is 22.0 Å². The second-order valence-electron chi connectivity index (χ2n) is 8.74. The van der Waals surface area contributed by atoms with E-state index in [1.165, 1.54) is 11.9 Å². The topological polar surface area (TPSA) is 86.8 Å². The van der Waals surface area contributed by atoms with E-state index >= 15 is 0 Å². The number of hydrogen-bond acceptors (Lipinski definition) is 4. The minimum Gasteiger partial charge on any atom is -0.357 e. The molecule has 0 bridgehead atoms.